The second-order valence-corrected chi connectivity index (χ2v) is 5.24. The number of aryl methyl sites for hydroxylation is 2. The van der Waals surface area contributed by atoms with Crippen LogP contribution < -0.4 is 0 Å². The number of hydrogen-bond donors (Lipinski definition) is 0. The average molecular weight is 252 g/mol. The van der Waals surface area contributed by atoms with Gasteiger partial charge in [-0.3, -0.25) is 0 Å². The molecule has 1 aromatic rings. The Kier molecular flexibility index (Phi) is 10.4. The van der Waals surface area contributed by atoms with Gasteiger partial charge in [-0.1, -0.05) is 58.2 Å². The van der Waals surface area contributed by atoms with E-state index in [-0.39, 0.29) is 0 Å². The summed E-state index contributed by atoms with van der Waals surface area (Å²) < 4.78 is 0. The molecule has 0 aliphatic carbocycles. The maximum absolute atomic E-state index is 2.26. The lowest BCUT2D eigenvalue weighted by atomic mass is 10.2. The van der Waals surface area contributed by atoms with E-state index in [1.165, 1.54) is 47.5 Å². The highest BCUT2D eigenvalue weighted by Crippen LogP contribution is 2.26. The zero-order chi connectivity index (χ0) is 13.1. The predicted octanol–water partition coefficient (Wildman–Crippen LogP) is 6.00. The molecular weight excluding hydrogens is 224 g/mol. The predicted molar refractivity (Wildman–Crippen MR) is 82.1 cm³/mol. The molecule has 1 heteroatoms. The second-order valence-electron chi connectivity index (χ2n) is 4.13. The molecule has 0 aliphatic heterocycles. The van der Waals surface area contributed by atoms with E-state index in [1.54, 1.807) is 0 Å². The molecule has 0 nitrogen and oxygen atoms in total. The normalized spacial score (nSPS) is 9.71. The van der Waals surface area contributed by atoms with Crippen molar-refractivity contribution >= 4 is 11.8 Å². The summed E-state index contributed by atoms with van der Waals surface area (Å²) in [5.41, 5.74) is 2.85. The van der Waals surface area contributed by atoms with Crippen LogP contribution in [0.2, 0.25) is 0 Å². The third-order valence-electron chi connectivity index (χ3n) is 2.65. The molecule has 0 saturated heterocycles. The largest absolute Gasteiger partial charge is 0.126 e. The van der Waals surface area contributed by atoms with E-state index in [0.29, 0.717) is 0 Å². The van der Waals surface area contributed by atoms with Crippen LogP contribution >= 0.6 is 11.8 Å². The summed E-state index contributed by atoms with van der Waals surface area (Å²) in [5, 5.41) is 0. The first kappa shape index (κ1) is 16.6. The lowest BCUT2D eigenvalue weighted by Gasteiger charge is -2.08. The van der Waals surface area contributed by atoms with E-state index in [1.807, 2.05) is 25.6 Å². The van der Waals surface area contributed by atoms with Crippen LogP contribution in [0.4, 0.5) is 0 Å². The van der Waals surface area contributed by atoms with Gasteiger partial charge in [0.25, 0.3) is 0 Å². The fraction of sp³-hybridized carbons (Fsp3) is 0.625. The first-order valence-electron chi connectivity index (χ1n) is 6.94. The summed E-state index contributed by atoms with van der Waals surface area (Å²) in [6, 6.07) is 6.56. The molecule has 1 rings (SSSR count). The number of rotatable bonds is 6. The summed E-state index contributed by atoms with van der Waals surface area (Å²) in [7, 11) is 0. The van der Waals surface area contributed by atoms with Gasteiger partial charge in [-0.2, -0.15) is 0 Å². The van der Waals surface area contributed by atoms with Crippen molar-refractivity contribution in [1.82, 2.24) is 0 Å². The Morgan fingerprint density at radius 3 is 2.06 bits per heavy atom. The first-order chi connectivity index (χ1) is 8.25. The van der Waals surface area contributed by atoms with Crippen LogP contribution in [0.15, 0.2) is 23.1 Å². The van der Waals surface area contributed by atoms with Gasteiger partial charge in [-0.25, -0.2) is 0 Å². The van der Waals surface area contributed by atoms with E-state index < -0.39 is 0 Å². The molecule has 1 aromatic carbocycles. The van der Waals surface area contributed by atoms with Crippen molar-refractivity contribution in [3.05, 3.63) is 29.3 Å². The summed E-state index contributed by atoms with van der Waals surface area (Å²) in [4.78, 5) is 1.49. The Hall–Kier alpha value is -0.430. The average Bonchev–Trinajstić information content (AvgIpc) is 2.35. The highest BCUT2D eigenvalue weighted by Gasteiger charge is 2.01. The zero-order valence-corrected chi connectivity index (χ0v) is 13.0. The standard InChI is InChI=1S/C14H22S.C2H6/c1-4-5-6-7-11-15-14-12(2)9-8-10-13(14)3;1-2/h8-10H,4-7,11H2,1-3H3;1-2H3. The molecule has 0 atom stereocenters. The third kappa shape index (κ3) is 6.78. The molecular formula is C16H28S. The molecule has 0 spiro atoms. The monoisotopic (exact) mass is 252 g/mol. The van der Waals surface area contributed by atoms with Crippen molar-refractivity contribution in [2.24, 2.45) is 0 Å². The van der Waals surface area contributed by atoms with Crippen molar-refractivity contribution < 1.29 is 0 Å². The fourth-order valence-corrected chi connectivity index (χ4v) is 2.87. The van der Waals surface area contributed by atoms with Gasteiger partial charge in [0.05, 0.1) is 0 Å². The molecule has 0 aliphatic rings. The zero-order valence-electron chi connectivity index (χ0n) is 12.2. The molecule has 0 radical (unpaired) electrons. The molecule has 0 saturated carbocycles. The topological polar surface area (TPSA) is 0 Å². The number of unbranched alkanes of at least 4 members (excludes halogenated alkanes) is 3. The summed E-state index contributed by atoms with van der Waals surface area (Å²) in [6.07, 6.45) is 5.45. The lowest BCUT2D eigenvalue weighted by molar-refractivity contribution is 0.706. The molecule has 98 valence electrons. The van der Waals surface area contributed by atoms with Crippen molar-refractivity contribution in [2.75, 3.05) is 5.75 Å². The van der Waals surface area contributed by atoms with Crippen molar-refractivity contribution in [3.63, 3.8) is 0 Å². The van der Waals surface area contributed by atoms with E-state index in [0.717, 1.165) is 0 Å². The minimum atomic E-state index is 1.27. The van der Waals surface area contributed by atoms with Crippen molar-refractivity contribution in [1.29, 1.82) is 0 Å². The number of thioether (sulfide) groups is 1. The number of hydrogen-bond acceptors (Lipinski definition) is 1. The minimum Gasteiger partial charge on any atom is -0.126 e. The highest BCUT2D eigenvalue weighted by molar-refractivity contribution is 7.99. The Morgan fingerprint density at radius 1 is 0.941 bits per heavy atom. The van der Waals surface area contributed by atoms with Gasteiger partial charge in [0.1, 0.15) is 0 Å². The summed E-state index contributed by atoms with van der Waals surface area (Å²) in [5.74, 6) is 1.27. The van der Waals surface area contributed by atoms with Crippen LogP contribution in [0.5, 0.6) is 0 Å². The molecule has 0 amide bonds. The van der Waals surface area contributed by atoms with Crippen LogP contribution in [0.3, 0.4) is 0 Å². The van der Waals surface area contributed by atoms with E-state index >= 15 is 0 Å². The van der Waals surface area contributed by atoms with Gasteiger partial charge in [0.2, 0.25) is 0 Å². The van der Waals surface area contributed by atoms with Crippen molar-refractivity contribution in [2.45, 2.75) is 65.2 Å². The Morgan fingerprint density at radius 2 is 1.53 bits per heavy atom. The molecule has 0 aromatic heterocycles. The van der Waals surface area contributed by atoms with E-state index in [9.17, 15) is 0 Å². The van der Waals surface area contributed by atoms with Crippen LogP contribution in [0.1, 0.15) is 57.6 Å². The SMILES string of the molecule is CC.CCCCCCSc1c(C)cccc1C. The van der Waals surface area contributed by atoms with Crippen LogP contribution in [0.25, 0.3) is 0 Å². The molecule has 0 unspecified atom stereocenters. The number of benzene rings is 1. The fourth-order valence-electron chi connectivity index (χ4n) is 1.73. The summed E-state index contributed by atoms with van der Waals surface area (Å²) >= 11 is 2.02. The Balaban J connectivity index is 0.00000121. The van der Waals surface area contributed by atoms with Crippen LogP contribution in [0, 0.1) is 13.8 Å². The van der Waals surface area contributed by atoms with Crippen LogP contribution in [-0.2, 0) is 0 Å². The summed E-state index contributed by atoms with van der Waals surface area (Å²) in [6.45, 7) is 10.7. The van der Waals surface area contributed by atoms with Crippen molar-refractivity contribution in [3.8, 4) is 0 Å². The molecule has 0 bridgehead atoms. The van der Waals surface area contributed by atoms with Crippen LogP contribution in [-0.4, -0.2) is 5.75 Å². The quantitative estimate of drug-likeness (QED) is 0.442. The van der Waals surface area contributed by atoms with Gasteiger partial charge in [-0.15, -0.1) is 11.8 Å². The van der Waals surface area contributed by atoms with Gasteiger partial charge in [0.15, 0.2) is 0 Å². The van der Waals surface area contributed by atoms with Gasteiger partial charge < -0.3 is 0 Å². The Labute approximate surface area is 112 Å². The molecule has 0 N–H and O–H groups in total. The minimum absolute atomic E-state index is 1.27. The molecule has 0 fully saturated rings. The van der Waals surface area contributed by atoms with E-state index in [2.05, 4.69) is 39.0 Å². The van der Waals surface area contributed by atoms with Gasteiger partial charge in [0, 0.05) is 4.90 Å². The molecule has 0 heterocycles. The maximum Gasteiger partial charge on any atom is 0.0130 e. The third-order valence-corrected chi connectivity index (χ3v) is 4.08. The smallest absolute Gasteiger partial charge is 0.0130 e. The Bertz CT molecular complexity index is 271. The maximum atomic E-state index is 2.26. The van der Waals surface area contributed by atoms with Gasteiger partial charge in [-0.05, 0) is 37.1 Å². The lowest BCUT2D eigenvalue weighted by Crippen LogP contribution is -1.87. The second kappa shape index (κ2) is 10.7. The van der Waals surface area contributed by atoms with Gasteiger partial charge >= 0.3 is 0 Å². The highest BCUT2D eigenvalue weighted by atomic mass is 32.2. The molecule has 17 heavy (non-hydrogen) atoms. The first-order valence-corrected chi connectivity index (χ1v) is 7.93. The van der Waals surface area contributed by atoms with E-state index in [4.69, 9.17) is 0 Å².